The summed E-state index contributed by atoms with van der Waals surface area (Å²) in [6, 6.07) is 16.8. The van der Waals surface area contributed by atoms with E-state index in [9.17, 15) is 5.11 Å². The molecule has 4 aromatic rings. The molecular formula is C28H30N6OS. The highest BCUT2D eigenvalue weighted by atomic mass is 32.1. The Bertz CT molecular complexity index is 1330. The molecule has 0 amide bonds. The minimum absolute atomic E-state index is 0.128. The molecule has 1 aliphatic carbocycles. The van der Waals surface area contributed by atoms with Crippen molar-refractivity contribution in [3.63, 3.8) is 0 Å². The first-order valence-electron chi connectivity index (χ1n) is 12.4. The van der Waals surface area contributed by atoms with E-state index < -0.39 is 5.72 Å². The third-order valence-electron chi connectivity index (χ3n) is 7.44. The second-order valence-electron chi connectivity index (χ2n) is 9.87. The number of aromatic nitrogens is 3. The first kappa shape index (κ1) is 23.1. The van der Waals surface area contributed by atoms with E-state index in [4.69, 9.17) is 10.7 Å². The van der Waals surface area contributed by atoms with Crippen molar-refractivity contribution in [3.8, 4) is 22.4 Å². The van der Waals surface area contributed by atoms with Crippen molar-refractivity contribution in [2.24, 2.45) is 11.7 Å². The molecule has 36 heavy (non-hydrogen) atoms. The number of aliphatic hydroxyl groups is 1. The van der Waals surface area contributed by atoms with Crippen molar-refractivity contribution in [1.29, 1.82) is 0 Å². The first-order valence-corrected chi connectivity index (χ1v) is 13.3. The van der Waals surface area contributed by atoms with Crippen LogP contribution >= 0.6 is 11.3 Å². The fraction of sp³-hybridized carbons (Fsp3) is 0.321. The van der Waals surface area contributed by atoms with E-state index in [0.717, 1.165) is 65.1 Å². The van der Waals surface area contributed by atoms with Crippen LogP contribution in [0.4, 0.5) is 10.9 Å². The fourth-order valence-corrected chi connectivity index (χ4v) is 6.53. The molecule has 0 bridgehead atoms. The molecule has 1 aliphatic heterocycles. The molecule has 2 fully saturated rings. The maximum atomic E-state index is 10.9. The van der Waals surface area contributed by atoms with Crippen molar-refractivity contribution < 1.29 is 5.11 Å². The largest absolute Gasteiger partial charge is 0.375 e. The summed E-state index contributed by atoms with van der Waals surface area (Å²) < 4.78 is 0. The lowest BCUT2D eigenvalue weighted by Crippen LogP contribution is -2.58. The number of piperazine rings is 1. The zero-order valence-corrected chi connectivity index (χ0v) is 21.1. The minimum atomic E-state index is -1.20. The summed E-state index contributed by atoms with van der Waals surface area (Å²) >= 11 is 1.67. The van der Waals surface area contributed by atoms with E-state index in [1.54, 1.807) is 23.7 Å². The predicted octanol–water partition coefficient (Wildman–Crippen LogP) is 4.36. The van der Waals surface area contributed by atoms with E-state index in [1.165, 1.54) is 0 Å². The van der Waals surface area contributed by atoms with Crippen LogP contribution in [0, 0.1) is 5.92 Å². The van der Waals surface area contributed by atoms with Gasteiger partial charge in [-0.2, -0.15) is 0 Å². The highest BCUT2D eigenvalue weighted by Gasteiger charge is 2.49. The van der Waals surface area contributed by atoms with E-state index in [1.807, 2.05) is 24.4 Å². The molecule has 3 heterocycles. The number of thiazole rings is 1. The second-order valence-corrected chi connectivity index (χ2v) is 10.7. The van der Waals surface area contributed by atoms with Gasteiger partial charge in [0.25, 0.3) is 0 Å². The van der Waals surface area contributed by atoms with Gasteiger partial charge in [-0.05, 0) is 29.0 Å². The third kappa shape index (κ3) is 4.25. The van der Waals surface area contributed by atoms with Gasteiger partial charge in [0.1, 0.15) is 11.5 Å². The van der Waals surface area contributed by atoms with Crippen molar-refractivity contribution in [2.45, 2.75) is 25.0 Å². The molecule has 1 unspecified atom stereocenters. The number of hydrogen-bond donors (Lipinski definition) is 2. The lowest BCUT2D eigenvalue weighted by atomic mass is 9.63. The minimum Gasteiger partial charge on any atom is -0.375 e. The number of anilines is 2. The average molecular weight is 499 g/mol. The summed E-state index contributed by atoms with van der Waals surface area (Å²) in [7, 11) is 0. The quantitative estimate of drug-likeness (QED) is 0.395. The van der Waals surface area contributed by atoms with Crippen molar-refractivity contribution in [2.75, 3.05) is 36.0 Å². The maximum absolute atomic E-state index is 10.9. The van der Waals surface area contributed by atoms with Gasteiger partial charge in [-0.3, -0.25) is 4.98 Å². The van der Waals surface area contributed by atoms with Gasteiger partial charge in [-0.15, -0.1) is 11.3 Å². The molecular weight excluding hydrogens is 468 g/mol. The van der Waals surface area contributed by atoms with Gasteiger partial charge in [-0.1, -0.05) is 55.5 Å². The number of benzene rings is 2. The Hall–Kier alpha value is -3.33. The molecule has 2 aliphatic rings. The average Bonchev–Trinajstić information content (AvgIpc) is 3.39. The maximum Gasteiger partial charge on any atom is 0.185 e. The van der Waals surface area contributed by atoms with Crippen LogP contribution in [0.25, 0.3) is 22.4 Å². The topological polar surface area (TPSA) is 91.4 Å². The Morgan fingerprint density at radius 2 is 1.78 bits per heavy atom. The summed E-state index contributed by atoms with van der Waals surface area (Å²) in [5.74, 6) is 1.10. The Morgan fingerprint density at radius 3 is 2.47 bits per heavy atom. The fourth-order valence-electron chi connectivity index (χ4n) is 5.65. The normalized spacial score (nSPS) is 24.0. The van der Waals surface area contributed by atoms with Crippen molar-refractivity contribution in [1.82, 2.24) is 15.0 Å². The summed E-state index contributed by atoms with van der Waals surface area (Å²) in [5, 5.41) is 14.0. The molecule has 184 valence electrons. The van der Waals surface area contributed by atoms with E-state index in [2.05, 4.69) is 62.4 Å². The summed E-state index contributed by atoms with van der Waals surface area (Å²) in [6.07, 6.45) is 5.86. The van der Waals surface area contributed by atoms with Crippen LogP contribution in [0.2, 0.25) is 0 Å². The van der Waals surface area contributed by atoms with Crippen molar-refractivity contribution in [3.05, 3.63) is 78.1 Å². The number of nitrogens with two attached hydrogens (primary N) is 1. The molecule has 0 spiro atoms. The lowest BCUT2D eigenvalue weighted by molar-refractivity contribution is -0.0888. The van der Waals surface area contributed by atoms with E-state index in [0.29, 0.717) is 12.3 Å². The zero-order valence-electron chi connectivity index (χ0n) is 20.3. The smallest absolute Gasteiger partial charge is 0.185 e. The molecule has 3 N–H and O–H groups in total. The molecule has 6 rings (SSSR count). The summed E-state index contributed by atoms with van der Waals surface area (Å²) in [6.45, 7) is 5.68. The Kier molecular flexibility index (Phi) is 5.95. The van der Waals surface area contributed by atoms with Gasteiger partial charge in [0.05, 0.1) is 11.9 Å². The summed E-state index contributed by atoms with van der Waals surface area (Å²) in [5.41, 5.74) is 10.5. The zero-order chi connectivity index (χ0) is 24.7. The van der Waals surface area contributed by atoms with Crippen LogP contribution in [-0.4, -0.2) is 52.0 Å². The molecule has 1 saturated carbocycles. The van der Waals surface area contributed by atoms with Gasteiger partial charge in [0.15, 0.2) is 5.13 Å². The van der Waals surface area contributed by atoms with E-state index >= 15 is 0 Å². The molecule has 3 atom stereocenters. The second kappa shape index (κ2) is 9.28. The summed E-state index contributed by atoms with van der Waals surface area (Å²) in [4.78, 5) is 18.3. The first-order chi connectivity index (χ1) is 17.5. The molecule has 0 radical (unpaired) electrons. The molecule has 8 heteroatoms. The Morgan fingerprint density at radius 1 is 1.00 bits per heavy atom. The van der Waals surface area contributed by atoms with Gasteiger partial charge in [0, 0.05) is 55.4 Å². The van der Waals surface area contributed by atoms with Crippen LogP contribution in [0.3, 0.4) is 0 Å². The predicted molar refractivity (Wildman–Crippen MR) is 145 cm³/mol. The Balaban J connectivity index is 1.28. The molecule has 7 nitrogen and oxygen atoms in total. The van der Waals surface area contributed by atoms with Gasteiger partial charge >= 0.3 is 0 Å². The third-order valence-corrected chi connectivity index (χ3v) is 8.34. The van der Waals surface area contributed by atoms with Crippen LogP contribution in [0.1, 0.15) is 24.8 Å². The van der Waals surface area contributed by atoms with Gasteiger partial charge < -0.3 is 20.6 Å². The van der Waals surface area contributed by atoms with Crippen LogP contribution in [0.5, 0.6) is 0 Å². The SMILES string of the molecule is C[C@@H]1C[C@@](N)(O)C1c1cc(-c2ccccc2)ccc1-c1csc(N2CCN(c3cnccn3)CC2)n1. The van der Waals surface area contributed by atoms with Gasteiger partial charge in [0.2, 0.25) is 0 Å². The molecule has 1 saturated heterocycles. The monoisotopic (exact) mass is 498 g/mol. The lowest BCUT2D eigenvalue weighted by Gasteiger charge is -2.49. The molecule has 2 aromatic carbocycles. The number of rotatable bonds is 5. The number of hydrogen-bond acceptors (Lipinski definition) is 8. The number of nitrogens with zero attached hydrogens (tertiary/aromatic N) is 5. The van der Waals surface area contributed by atoms with Crippen LogP contribution in [0.15, 0.2) is 72.5 Å². The van der Waals surface area contributed by atoms with E-state index in [-0.39, 0.29) is 5.92 Å². The standard InChI is InChI=1S/C28H30N6OS/c1-19-16-28(29,35)26(19)23-15-21(20-5-3-2-4-6-20)7-8-22(23)24-18-36-27(32-24)34-13-11-33(12-14-34)25-17-30-9-10-31-25/h2-10,15,17-19,26,35H,11-14,16,29H2,1H3/t19-,26?,28-/m1/s1. The molecule has 2 aromatic heterocycles. The highest BCUT2D eigenvalue weighted by Crippen LogP contribution is 2.51. The van der Waals surface area contributed by atoms with Crippen molar-refractivity contribution >= 4 is 22.3 Å². The highest BCUT2D eigenvalue weighted by molar-refractivity contribution is 7.14. The van der Waals surface area contributed by atoms with Crippen LogP contribution < -0.4 is 15.5 Å². The Labute approximate surface area is 215 Å². The van der Waals surface area contributed by atoms with Crippen LogP contribution in [-0.2, 0) is 0 Å². The van der Waals surface area contributed by atoms with Gasteiger partial charge in [-0.25, -0.2) is 9.97 Å².